The van der Waals surface area contributed by atoms with Crippen LogP contribution in [-0.4, -0.2) is 49.1 Å². The average Bonchev–Trinajstić information content (AvgIpc) is 2.41. The smallest absolute Gasteiger partial charge is 0.302 e. The molecule has 1 saturated heterocycles. The zero-order valence-corrected chi connectivity index (χ0v) is 11.2. The summed E-state index contributed by atoms with van der Waals surface area (Å²) in [5, 5.41) is 20.5. The molecule has 20 heavy (non-hydrogen) atoms. The lowest BCUT2D eigenvalue weighted by molar-refractivity contribution is -0.383. The molecule has 1 aliphatic heterocycles. The van der Waals surface area contributed by atoms with Gasteiger partial charge in [0.25, 0.3) is 5.69 Å². The van der Waals surface area contributed by atoms with E-state index in [1.807, 2.05) is 0 Å². The number of phenolic OH excluding ortho intramolecular Hbond substituents is 1. The van der Waals surface area contributed by atoms with E-state index in [2.05, 4.69) is 4.72 Å². The largest absolute Gasteiger partial charge is 0.505 e. The number of nitro benzene ring substituents is 1. The quantitative estimate of drug-likeness (QED) is 0.468. The molecule has 0 aromatic heterocycles. The minimum absolute atomic E-state index is 0.150. The van der Waals surface area contributed by atoms with E-state index in [9.17, 15) is 23.6 Å². The first-order valence-electron chi connectivity index (χ1n) is 5.74. The van der Waals surface area contributed by atoms with Gasteiger partial charge in [0.1, 0.15) is 5.75 Å². The molecule has 2 N–H and O–H groups in total. The lowest BCUT2D eigenvalue weighted by atomic mass is 10.2. The fraction of sp³-hybridized carbons (Fsp3) is 0.400. The second-order valence-corrected chi connectivity index (χ2v) is 5.72. The first-order chi connectivity index (χ1) is 9.42. The van der Waals surface area contributed by atoms with Crippen molar-refractivity contribution in [2.24, 2.45) is 0 Å². The summed E-state index contributed by atoms with van der Waals surface area (Å²) in [7, 11) is -3.98. The maximum absolute atomic E-state index is 12.1. The highest BCUT2D eigenvalue weighted by Gasteiger charge is 2.28. The molecule has 1 heterocycles. The van der Waals surface area contributed by atoms with Gasteiger partial charge >= 0.3 is 10.2 Å². The maximum atomic E-state index is 12.1. The Kier molecular flexibility index (Phi) is 4.06. The molecule has 0 unspecified atom stereocenters. The number of anilines is 1. The molecule has 0 radical (unpaired) electrons. The Balaban J connectivity index is 2.31. The van der Waals surface area contributed by atoms with Crippen LogP contribution < -0.4 is 4.72 Å². The molecule has 1 fully saturated rings. The van der Waals surface area contributed by atoms with Gasteiger partial charge in [0.05, 0.1) is 18.1 Å². The first-order valence-corrected chi connectivity index (χ1v) is 7.18. The number of hydrogen-bond acceptors (Lipinski definition) is 6. The minimum Gasteiger partial charge on any atom is -0.505 e. The lowest BCUT2D eigenvalue weighted by Gasteiger charge is -2.26. The number of phenols is 1. The van der Waals surface area contributed by atoms with Crippen LogP contribution in [0.25, 0.3) is 0 Å². The Morgan fingerprint density at radius 3 is 2.60 bits per heavy atom. The molecule has 10 heteroatoms. The second kappa shape index (κ2) is 5.61. The van der Waals surface area contributed by atoms with Crippen LogP contribution in [0.15, 0.2) is 18.2 Å². The number of morpholine rings is 1. The Bertz CT molecular complexity index is 611. The fourth-order valence-electron chi connectivity index (χ4n) is 1.77. The summed E-state index contributed by atoms with van der Waals surface area (Å²) >= 11 is 0. The van der Waals surface area contributed by atoms with E-state index in [0.29, 0.717) is 0 Å². The van der Waals surface area contributed by atoms with Crippen LogP contribution in [0.3, 0.4) is 0 Å². The van der Waals surface area contributed by atoms with E-state index in [1.54, 1.807) is 0 Å². The van der Waals surface area contributed by atoms with Crippen LogP contribution in [0.1, 0.15) is 0 Å². The van der Waals surface area contributed by atoms with Crippen molar-refractivity contribution in [3.63, 3.8) is 0 Å². The third-order valence-corrected chi connectivity index (χ3v) is 4.27. The molecular weight excluding hydrogens is 290 g/mol. The van der Waals surface area contributed by atoms with Crippen molar-refractivity contribution in [1.82, 2.24) is 4.31 Å². The van der Waals surface area contributed by atoms with E-state index >= 15 is 0 Å². The van der Waals surface area contributed by atoms with E-state index in [-0.39, 0.29) is 26.3 Å². The van der Waals surface area contributed by atoms with Crippen LogP contribution in [0, 0.1) is 10.1 Å². The summed E-state index contributed by atoms with van der Waals surface area (Å²) in [6, 6.07) is 3.54. The Labute approximate surface area is 115 Å². The number of nitro groups is 1. The van der Waals surface area contributed by atoms with Gasteiger partial charge in [-0.15, -0.1) is 0 Å². The number of ether oxygens (including phenoxy) is 1. The summed E-state index contributed by atoms with van der Waals surface area (Å²) < 4.78 is 32.4. The predicted octanol–water partition coefficient (Wildman–Crippen LogP) is 0.289. The molecule has 0 atom stereocenters. The van der Waals surface area contributed by atoms with Crippen molar-refractivity contribution in [3.8, 4) is 5.75 Å². The van der Waals surface area contributed by atoms with E-state index in [1.165, 1.54) is 12.1 Å². The van der Waals surface area contributed by atoms with Gasteiger partial charge in [-0.3, -0.25) is 14.8 Å². The number of rotatable bonds is 4. The van der Waals surface area contributed by atoms with Crippen molar-refractivity contribution in [2.45, 2.75) is 0 Å². The fourth-order valence-corrected chi connectivity index (χ4v) is 2.99. The highest BCUT2D eigenvalue weighted by molar-refractivity contribution is 7.90. The second-order valence-electron chi connectivity index (χ2n) is 4.05. The molecule has 0 spiro atoms. The Morgan fingerprint density at radius 1 is 1.35 bits per heavy atom. The number of benzene rings is 1. The third kappa shape index (κ3) is 2.98. The van der Waals surface area contributed by atoms with Crippen LogP contribution in [-0.2, 0) is 14.9 Å². The lowest BCUT2D eigenvalue weighted by Crippen LogP contribution is -2.43. The highest BCUT2D eigenvalue weighted by Crippen LogP contribution is 2.34. The van der Waals surface area contributed by atoms with Gasteiger partial charge in [0.15, 0.2) is 5.69 Å². The molecule has 0 aliphatic carbocycles. The van der Waals surface area contributed by atoms with Gasteiger partial charge in [-0.2, -0.15) is 12.7 Å². The third-order valence-electron chi connectivity index (χ3n) is 2.76. The van der Waals surface area contributed by atoms with Crippen molar-refractivity contribution in [2.75, 3.05) is 31.0 Å². The van der Waals surface area contributed by atoms with Gasteiger partial charge in [0, 0.05) is 19.2 Å². The molecule has 1 aromatic rings. The summed E-state index contributed by atoms with van der Waals surface area (Å²) in [5.74, 6) is -0.504. The molecule has 0 amide bonds. The van der Waals surface area contributed by atoms with Gasteiger partial charge in [0.2, 0.25) is 0 Å². The molecule has 110 valence electrons. The monoisotopic (exact) mass is 303 g/mol. The zero-order valence-electron chi connectivity index (χ0n) is 10.4. The van der Waals surface area contributed by atoms with Crippen LogP contribution in [0.4, 0.5) is 11.4 Å². The zero-order chi connectivity index (χ0) is 14.8. The normalized spacial score (nSPS) is 16.8. The standard InChI is InChI=1S/C10H13N3O6S/c14-9-3-1-2-8(13(15)16)10(9)11-20(17,18)12-4-6-19-7-5-12/h1-3,11,14H,4-7H2. The van der Waals surface area contributed by atoms with E-state index < -0.39 is 32.3 Å². The van der Waals surface area contributed by atoms with Gasteiger partial charge in [-0.1, -0.05) is 6.07 Å². The van der Waals surface area contributed by atoms with Crippen LogP contribution in [0.2, 0.25) is 0 Å². The number of nitrogens with one attached hydrogen (secondary N) is 1. The van der Waals surface area contributed by atoms with Gasteiger partial charge in [-0.25, -0.2) is 0 Å². The Hall–Kier alpha value is -1.91. The van der Waals surface area contributed by atoms with Crippen molar-refractivity contribution in [3.05, 3.63) is 28.3 Å². The van der Waals surface area contributed by atoms with Crippen molar-refractivity contribution in [1.29, 1.82) is 0 Å². The molecule has 0 bridgehead atoms. The van der Waals surface area contributed by atoms with Crippen LogP contribution in [0.5, 0.6) is 5.75 Å². The maximum Gasteiger partial charge on any atom is 0.302 e. The molecule has 9 nitrogen and oxygen atoms in total. The molecule has 1 aromatic carbocycles. The summed E-state index contributed by atoms with van der Waals surface area (Å²) in [6.45, 7) is 0.807. The number of para-hydroxylation sites is 1. The Morgan fingerprint density at radius 2 is 2.00 bits per heavy atom. The summed E-state index contributed by atoms with van der Waals surface area (Å²) in [5.41, 5.74) is -0.953. The SMILES string of the molecule is O=[N+]([O-])c1cccc(O)c1NS(=O)(=O)N1CCOCC1. The summed E-state index contributed by atoms with van der Waals surface area (Å²) in [4.78, 5) is 10.1. The van der Waals surface area contributed by atoms with E-state index in [0.717, 1.165) is 10.4 Å². The minimum atomic E-state index is -3.98. The van der Waals surface area contributed by atoms with Crippen molar-refractivity contribution >= 4 is 21.6 Å². The molecule has 0 saturated carbocycles. The summed E-state index contributed by atoms with van der Waals surface area (Å²) in [6.07, 6.45) is 0. The average molecular weight is 303 g/mol. The molecule has 1 aliphatic rings. The number of hydrogen-bond donors (Lipinski definition) is 2. The van der Waals surface area contributed by atoms with Crippen LogP contribution >= 0.6 is 0 Å². The first kappa shape index (κ1) is 14.5. The predicted molar refractivity (Wildman–Crippen MR) is 69.7 cm³/mol. The van der Waals surface area contributed by atoms with Gasteiger partial charge in [-0.05, 0) is 6.07 Å². The number of aromatic hydroxyl groups is 1. The topological polar surface area (TPSA) is 122 Å². The molecule has 2 rings (SSSR count). The molecular formula is C10H13N3O6S. The van der Waals surface area contributed by atoms with Gasteiger partial charge < -0.3 is 9.84 Å². The number of nitrogens with zero attached hydrogens (tertiary/aromatic N) is 2. The van der Waals surface area contributed by atoms with Crippen molar-refractivity contribution < 1.29 is 23.2 Å². The van der Waals surface area contributed by atoms with E-state index in [4.69, 9.17) is 4.74 Å². The highest BCUT2D eigenvalue weighted by atomic mass is 32.2.